The number of halogens is 1. The van der Waals surface area contributed by atoms with Crippen LogP contribution in [0.2, 0.25) is 5.02 Å². The minimum absolute atomic E-state index is 0.0823. The molecule has 1 heterocycles. The van der Waals surface area contributed by atoms with E-state index in [1.165, 1.54) is 55.6 Å². The van der Waals surface area contributed by atoms with Crippen LogP contribution in [0, 0.1) is 16.0 Å². The minimum atomic E-state index is -0.540. The molecule has 0 atom stereocenters. The summed E-state index contributed by atoms with van der Waals surface area (Å²) in [6.07, 6.45) is 7.24. The molecule has 10 heteroatoms. The smallest absolute Gasteiger partial charge is 0.271 e. The van der Waals surface area contributed by atoms with Crippen LogP contribution < -0.4 is 5.32 Å². The second-order valence-electron chi connectivity index (χ2n) is 6.51. The molecule has 1 aliphatic rings. The highest BCUT2D eigenvalue weighted by Gasteiger charge is 2.16. The van der Waals surface area contributed by atoms with Crippen molar-refractivity contribution in [3.05, 3.63) is 39.2 Å². The van der Waals surface area contributed by atoms with Gasteiger partial charge in [0.15, 0.2) is 0 Å². The van der Waals surface area contributed by atoms with E-state index in [-0.39, 0.29) is 28.1 Å². The fourth-order valence-electron chi connectivity index (χ4n) is 3.13. The Bertz CT molecular complexity index is 823. The molecule has 1 amide bonds. The second-order valence-corrected chi connectivity index (χ2v) is 7.86. The Kier molecular flexibility index (Phi) is 6.68. The molecule has 27 heavy (non-hydrogen) atoms. The number of nitro groups is 1. The fourth-order valence-corrected chi connectivity index (χ4v) is 3.92. The first-order valence-corrected chi connectivity index (χ1v) is 10.2. The fraction of sp³-hybridized carbons (Fsp3) is 0.471. The Morgan fingerprint density at radius 1 is 1.41 bits per heavy atom. The summed E-state index contributed by atoms with van der Waals surface area (Å²) >= 11 is 7.18. The van der Waals surface area contributed by atoms with Crippen LogP contribution in [0.5, 0.6) is 0 Å². The first-order valence-electron chi connectivity index (χ1n) is 8.79. The molecule has 144 valence electrons. The standard InChI is InChI=1S/C17H20ClN5O3S/c18-13-7-6-12(23(25)26)9-14(13)19-16(24)10-27-17-20-15(21-22-17)8-5-11-3-1-2-4-11/h6-7,9,11H,1-5,8,10H2,(H,19,24)(H,20,21,22). The lowest BCUT2D eigenvalue weighted by Gasteiger charge is -2.06. The van der Waals surface area contributed by atoms with Crippen molar-refractivity contribution in [2.45, 2.75) is 43.7 Å². The number of carbonyl (C=O) groups excluding carboxylic acids is 1. The molecule has 0 spiro atoms. The zero-order valence-corrected chi connectivity index (χ0v) is 16.2. The first kappa shape index (κ1) is 19.6. The third-order valence-electron chi connectivity index (χ3n) is 4.54. The Morgan fingerprint density at radius 3 is 2.93 bits per heavy atom. The van der Waals surface area contributed by atoms with Crippen LogP contribution in [0.4, 0.5) is 11.4 Å². The number of thioether (sulfide) groups is 1. The highest BCUT2D eigenvalue weighted by atomic mass is 35.5. The Morgan fingerprint density at radius 2 is 2.19 bits per heavy atom. The van der Waals surface area contributed by atoms with Crippen molar-refractivity contribution in [2.75, 3.05) is 11.1 Å². The van der Waals surface area contributed by atoms with E-state index in [4.69, 9.17) is 11.6 Å². The summed E-state index contributed by atoms with van der Waals surface area (Å²) in [5.41, 5.74) is 0.0759. The molecule has 0 unspecified atom stereocenters. The third-order valence-corrected chi connectivity index (χ3v) is 5.72. The molecule has 0 saturated heterocycles. The molecule has 3 rings (SSSR count). The van der Waals surface area contributed by atoms with Crippen LogP contribution >= 0.6 is 23.4 Å². The lowest BCUT2D eigenvalue weighted by molar-refractivity contribution is -0.384. The van der Waals surface area contributed by atoms with Gasteiger partial charge in [-0.05, 0) is 18.4 Å². The summed E-state index contributed by atoms with van der Waals surface area (Å²) < 4.78 is 0. The van der Waals surface area contributed by atoms with Gasteiger partial charge < -0.3 is 5.32 Å². The summed E-state index contributed by atoms with van der Waals surface area (Å²) in [6, 6.07) is 3.90. The molecular weight excluding hydrogens is 390 g/mol. The average Bonchev–Trinajstić information content (AvgIpc) is 3.31. The predicted octanol–water partition coefficient (Wildman–Crippen LogP) is 4.22. The van der Waals surface area contributed by atoms with Gasteiger partial charge in [0.25, 0.3) is 5.69 Å². The number of nitro benzene ring substituents is 1. The van der Waals surface area contributed by atoms with E-state index in [0.717, 1.165) is 24.6 Å². The second kappa shape index (κ2) is 9.18. The maximum absolute atomic E-state index is 12.1. The molecule has 2 N–H and O–H groups in total. The van der Waals surface area contributed by atoms with Gasteiger partial charge in [-0.2, -0.15) is 0 Å². The van der Waals surface area contributed by atoms with Gasteiger partial charge in [0.05, 0.1) is 21.4 Å². The highest BCUT2D eigenvalue weighted by molar-refractivity contribution is 7.99. The largest absolute Gasteiger partial charge is 0.324 e. The van der Waals surface area contributed by atoms with Crippen LogP contribution in [0.3, 0.4) is 0 Å². The molecule has 1 fully saturated rings. The number of carbonyl (C=O) groups is 1. The number of hydrogen-bond donors (Lipinski definition) is 2. The number of non-ortho nitro benzene ring substituents is 1. The van der Waals surface area contributed by atoms with Gasteiger partial charge >= 0.3 is 0 Å². The van der Waals surface area contributed by atoms with Crippen molar-refractivity contribution in [1.82, 2.24) is 15.2 Å². The third kappa shape index (κ3) is 5.67. The Balaban J connectivity index is 1.48. The minimum Gasteiger partial charge on any atom is -0.324 e. The number of aromatic nitrogens is 3. The molecule has 0 bridgehead atoms. The number of nitrogens with zero attached hydrogens (tertiary/aromatic N) is 3. The average molecular weight is 410 g/mol. The lowest BCUT2D eigenvalue weighted by Crippen LogP contribution is -2.14. The van der Waals surface area contributed by atoms with E-state index in [9.17, 15) is 14.9 Å². The molecule has 2 aromatic rings. The SMILES string of the molecule is O=C(CSc1n[nH]c(CCC2CCCC2)n1)Nc1cc([N+](=O)[O-])ccc1Cl. The van der Waals surface area contributed by atoms with Crippen LogP contribution in [-0.2, 0) is 11.2 Å². The van der Waals surface area contributed by atoms with Crippen molar-refractivity contribution in [2.24, 2.45) is 5.92 Å². The topological polar surface area (TPSA) is 114 Å². The van der Waals surface area contributed by atoms with E-state index in [1.807, 2.05) is 0 Å². The van der Waals surface area contributed by atoms with E-state index in [1.54, 1.807) is 0 Å². The van der Waals surface area contributed by atoms with Crippen molar-refractivity contribution < 1.29 is 9.72 Å². The Labute approximate surface area is 165 Å². The number of hydrogen-bond acceptors (Lipinski definition) is 6. The summed E-state index contributed by atoms with van der Waals surface area (Å²) in [4.78, 5) is 26.8. The van der Waals surface area contributed by atoms with Gasteiger partial charge in [-0.3, -0.25) is 20.0 Å². The first-order chi connectivity index (χ1) is 13.0. The number of anilines is 1. The monoisotopic (exact) mass is 409 g/mol. The van der Waals surface area contributed by atoms with E-state index < -0.39 is 4.92 Å². The van der Waals surface area contributed by atoms with Gasteiger partial charge in [-0.1, -0.05) is 49.0 Å². The van der Waals surface area contributed by atoms with Crippen LogP contribution in [-0.4, -0.2) is 31.8 Å². The van der Waals surface area contributed by atoms with Gasteiger partial charge in [0, 0.05) is 18.6 Å². The molecule has 0 aliphatic heterocycles. The number of aryl methyl sites for hydroxylation is 1. The molecular formula is C17H20ClN5O3S. The molecule has 1 saturated carbocycles. The number of aromatic amines is 1. The van der Waals surface area contributed by atoms with E-state index in [2.05, 4.69) is 20.5 Å². The molecule has 1 aliphatic carbocycles. The maximum Gasteiger partial charge on any atom is 0.271 e. The highest BCUT2D eigenvalue weighted by Crippen LogP contribution is 2.29. The zero-order valence-electron chi connectivity index (χ0n) is 14.6. The summed E-state index contributed by atoms with van der Waals surface area (Å²) in [7, 11) is 0. The predicted molar refractivity (Wildman–Crippen MR) is 104 cm³/mol. The quantitative estimate of drug-likeness (QED) is 0.383. The molecule has 0 radical (unpaired) electrons. The number of benzene rings is 1. The summed E-state index contributed by atoms with van der Waals surface area (Å²) in [6.45, 7) is 0. The van der Waals surface area contributed by atoms with Crippen molar-refractivity contribution in [3.63, 3.8) is 0 Å². The summed E-state index contributed by atoms with van der Waals surface area (Å²) in [5.74, 6) is 1.38. The zero-order chi connectivity index (χ0) is 19.2. The van der Waals surface area contributed by atoms with Gasteiger partial charge in [-0.25, -0.2) is 4.98 Å². The number of rotatable bonds is 8. The molecule has 1 aromatic heterocycles. The Hall–Kier alpha value is -2.13. The lowest BCUT2D eigenvalue weighted by atomic mass is 10.0. The normalized spacial score (nSPS) is 14.4. The summed E-state index contributed by atoms with van der Waals surface area (Å²) in [5, 5.41) is 21.2. The van der Waals surface area contributed by atoms with Crippen LogP contribution in [0.25, 0.3) is 0 Å². The molecule has 8 nitrogen and oxygen atoms in total. The van der Waals surface area contributed by atoms with Crippen LogP contribution in [0.15, 0.2) is 23.4 Å². The van der Waals surface area contributed by atoms with E-state index >= 15 is 0 Å². The maximum atomic E-state index is 12.1. The number of amides is 1. The number of H-pyrrole nitrogens is 1. The van der Waals surface area contributed by atoms with Crippen molar-refractivity contribution >= 4 is 40.6 Å². The molecule has 1 aromatic carbocycles. The van der Waals surface area contributed by atoms with Crippen molar-refractivity contribution in [3.8, 4) is 0 Å². The van der Waals surface area contributed by atoms with Crippen LogP contribution in [0.1, 0.15) is 37.9 Å². The van der Waals surface area contributed by atoms with Gasteiger partial charge in [0.1, 0.15) is 5.82 Å². The van der Waals surface area contributed by atoms with Gasteiger partial charge in [0.2, 0.25) is 11.1 Å². The number of nitrogens with one attached hydrogen (secondary N) is 2. The van der Waals surface area contributed by atoms with E-state index in [0.29, 0.717) is 5.16 Å². The van der Waals surface area contributed by atoms with Gasteiger partial charge in [-0.15, -0.1) is 5.10 Å². The van der Waals surface area contributed by atoms with Crippen molar-refractivity contribution in [1.29, 1.82) is 0 Å².